The Labute approximate surface area is 96.7 Å². The van der Waals surface area contributed by atoms with Crippen molar-refractivity contribution in [2.45, 2.75) is 32.7 Å². The Morgan fingerprint density at radius 1 is 1.33 bits per heavy atom. The zero-order valence-corrected chi connectivity index (χ0v) is 10.4. The molecule has 82 valence electrons. The van der Waals surface area contributed by atoms with Crippen LogP contribution in [0.5, 0.6) is 0 Å². The molecule has 15 heavy (non-hydrogen) atoms. The molecule has 0 spiro atoms. The van der Waals surface area contributed by atoms with Crippen LogP contribution in [0.2, 0.25) is 0 Å². The lowest BCUT2D eigenvalue weighted by Crippen LogP contribution is -2.26. The molecule has 1 N–H and O–H groups in total. The summed E-state index contributed by atoms with van der Waals surface area (Å²) in [6, 6.07) is 7.31. The summed E-state index contributed by atoms with van der Waals surface area (Å²) in [5, 5.41) is 3.67. The molecule has 2 rings (SSSR count). The molecular weight excluding hydrogens is 202 g/mol. The second kappa shape index (κ2) is 4.93. The summed E-state index contributed by atoms with van der Waals surface area (Å²) in [5.74, 6) is 2.60. The maximum atomic E-state index is 3.67. The smallest absolute Gasteiger partial charge is 0.0374 e. The van der Waals surface area contributed by atoms with Gasteiger partial charge in [0.15, 0.2) is 0 Å². The van der Waals surface area contributed by atoms with Gasteiger partial charge in [-0.25, -0.2) is 0 Å². The van der Waals surface area contributed by atoms with Gasteiger partial charge in [0.1, 0.15) is 0 Å². The van der Waals surface area contributed by atoms with E-state index in [-0.39, 0.29) is 0 Å². The third-order valence-electron chi connectivity index (χ3n) is 2.91. The standard InChI is InChI=1S/C13H19NS/c1-10-5-6-11(2)13(8-10)14-12-4-3-7-15-9-12/h5-6,8,12,14H,3-4,7,9H2,1-2H3. The van der Waals surface area contributed by atoms with E-state index in [1.807, 2.05) is 0 Å². The third-order valence-corrected chi connectivity index (χ3v) is 4.13. The van der Waals surface area contributed by atoms with Crippen molar-refractivity contribution in [1.29, 1.82) is 0 Å². The molecule has 0 saturated carbocycles. The molecule has 0 radical (unpaired) electrons. The lowest BCUT2D eigenvalue weighted by atomic mass is 10.1. The molecule has 2 heteroatoms. The molecule has 0 bridgehead atoms. The van der Waals surface area contributed by atoms with Gasteiger partial charge in [-0.05, 0) is 49.6 Å². The van der Waals surface area contributed by atoms with Crippen LogP contribution in [0.15, 0.2) is 18.2 Å². The minimum atomic E-state index is 0.671. The highest BCUT2D eigenvalue weighted by atomic mass is 32.2. The van der Waals surface area contributed by atoms with Crippen molar-refractivity contribution >= 4 is 17.4 Å². The van der Waals surface area contributed by atoms with E-state index in [0.717, 1.165) is 0 Å². The first-order valence-corrected chi connectivity index (χ1v) is 6.83. The fraction of sp³-hybridized carbons (Fsp3) is 0.538. The maximum Gasteiger partial charge on any atom is 0.0374 e. The second-order valence-corrected chi connectivity index (χ2v) is 5.53. The number of aryl methyl sites for hydroxylation is 2. The Morgan fingerprint density at radius 3 is 2.93 bits per heavy atom. The first-order chi connectivity index (χ1) is 7.25. The van der Waals surface area contributed by atoms with Gasteiger partial charge in [0.2, 0.25) is 0 Å². The Bertz CT molecular complexity index is 329. The van der Waals surface area contributed by atoms with Crippen molar-refractivity contribution in [3.05, 3.63) is 29.3 Å². The Balaban J connectivity index is 2.05. The number of hydrogen-bond acceptors (Lipinski definition) is 2. The highest BCUT2D eigenvalue weighted by molar-refractivity contribution is 7.99. The molecule has 1 heterocycles. The lowest BCUT2D eigenvalue weighted by molar-refractivity contribution is 0.684. The van der Waals surface area contributed by atoms with Crippen LogP contribution in [0.1, 0.15) is 24.0 Å². The summed E-state index contributed by atoms with van der Waals surface area (Å²) >= 11 is 2.07. The number of thioether (sulfide) groups is 1. The van der Waals surface area contributed by atoms with Crippen molar-refractivity contribution < 1.29 is 0 Å². The quantitative estimate of drug-likeness (QED) is 0.818. The summed E-state index contributed by atoms with van der Waals surface area (Å²) in [5.41, 5.74) is 4.02. The average molecular weight is 221 g/mol. The van der Waals surface area contributed by atoms with Crippen LogP contribution in [-0.4, -0.2) is 17.5 Å². The number of anilines is 1. The molecule has 1 unspecified atom stereocenters. The minimum Gasteiger partial charge on any atom is -0.381 e. The highest BCUT2D eigenvalue weighted by Gasteiger charge is 2.13. The van der Waals surface area contributed by atoms with Crippen molar-refractivity contribution in [2.24, 2.45) is 0 Å². The monoisotopic (exact) mass is 221 g/mol. The SMILES string of the molecule is Cc1ccc(C)c(NC2CCCSC2)c1. The number of benzene rings is 1. The molecule has 1 saturated heterocycles. The molecule has 0 aliphatic carbocycles. The molecule has 0 amide bonds. The predicted octanol–water partition coefficient (Wildman–Crippen LogP) is 3.61. The van der Waals surface area contributed by atoms with Gasteiger partial charge < -0.3 is 5.32 Å². The fourth-order valence-corrected chi connectivity index (χ4v) is 3.04. The Morgan fingerprint density at radius 2 is 2.20 bits per heavy atom. The van der Waals surface area contributed by atoms with Gasteiger partial charge in [0.05, 0.1) is 0 Å². The van der Waals surface area contributed by atoms with E-state index in [0.29, 0.717) is 6.04 Å². The highest BCUT2D eigenvalue weighted by Crippen LogP contribution is 2.23. The van der Waals surface area contributed by atoms with E-state index >= 15 is 0 Å². The molecule has 1 aromatic rings. The minimum absolute atomic E-state index is 0.671. The summed E-state index contributed by atoms with van der Waals surface area (Å²) in [4.78, 5) is 0. The van der Waals surface area contributed by atoms with Gasteiger partial charge in [-0.3, -0.25) is 0 Å². The predicted molar refractivity (Wildman–Crippen MR) is 69.9 cm³/mol. The summed E-state index contributed by atoms with van der Waals surface area (Å²) in [7, 11) is 0. The Kier molecular flexibility index (Phi) is 3.57. The van der Waals surface area contributed by atoms with Crippen molar-refractivity contribution in [3.8, 4) is 0 Å². The van der Waals surface area contributed by atoms with Crippen LogP contribution in [-0.2, 0) is 0 Å². The molecule has 1 atom stereocenters. The van der Waals surface area contributed by atoms with E-state index in [1.54, 1.807) is 0 Å². The van der Waals surface area contributed by atoms with Crippen LogP contribution in [0.3, 0.4) is 0 Å². The Hall–Kier alpha value is -0.630. The van der Waals surface area contributed by atoms with Crippen LogP contribution in [0, 0.1) is 13.8 Å². The largest absolute Gasteiger partial charge is 0.381 e. The molecule has 1 nitrogen and oxygen atoms in total. The zero-order chi connectivity index (χ0) is 10.7. The second-order valence-electron chi connectivity index (χ2n) is 4.38. The number of rotatable bonds is 2. The van der Waals surface area contributed by atoms with E-state index in [9.17, 15) is 0 Å². The molecular formula is C13H19NS. The zero-order valence-electron chi connectivity index (χ0n) is 9.55. The molecule has 0 aromatic heterocycles. The van der Waals surface area contributed by atoms with Gasteiger partial charge in [-0.15, -0.1) is 0 Å². The van der Waals surface area contributed by atoms with E-state index in [1.165, 1.54) is 41.2 Å². The molecule has 1 fully saturated rings. The van der Waals surface area contributed by atoms with Crippen molar-refractivity contribution in [1.82, 2.24) is 0 Å². The lowest BCUT2D eigenvalue weighted by Gasteiger charge is -2.24. The van der Waals surface area contributed by atoms with Gasteiger partial charge in [0.25, 0.3) is 0 Å². The van der Waals surface area contributed by atoms with Crippen molar-refractivity contribution in [3.63, 3.8) is 0 Å². The first-order valence-electron chi connectivity index (χ1n) is 5.67. The van der Waals surface area contributed by atoms with Gasteiger partial charge >= 0.3 is 0 Å². The normalized spacial score (nSPS) is 21.3. The number of nitrogens with one attached hydrogen (secondary N) is 1. The topological polar surface area (TPSA) is 12.0 Å². The summed E-state index contributed by atoms with van der Waals surface area (Å²) < 4.78 is 0. The van der Waals surface area contributed by atoms with E-state index < -0.39 is 0 Å². The van der Waals surface area contributed by atoms with Crippen molar-refractivity contribution in [2.75, 3.05) is 16.8 Å². The van der Waals surface area contributed by atoms with E-state index in [4.69, 9.17) is 0 Å². The molecule has 1 aromatic carbocycles. The van der Waals surface area contributed by atoms with Crippen LogP contribution in [0.4, 0.5) is 5.69 Å². The molecule has 1 aliphatic rings. The van der Waals surface area contributed by atoms with Crippen LogP contribution < -0.4 is 5.32 Å². The maximum absolute atomic E-state index is 3.67. The van der Waals surface area contributed by atoms with Crippen LogP contribution >= 0.6 is 11.8 Å². The number of hydrogen-bond donors (Lipinski definition) is 1. The first kappa shape index (κ1) is 10.9. The third kappa shape index (κ3) is 2.91. The van der Waals surface area contributed by atoms with E-state index in [2.05, 4.69) is 49.1 Å². The fourth-order valence-electron chi connectivity index (χ4n) is 1.97. The summed E-state index contributed by atoms with van der Waals surface area (Å²) in [6.07, 6.45) is 2.67. The van der Waals surface area contributed by atoms with Gasteiger partial charge in [-0.2, -0.15) is 11.8 Å². The summed E-state index contributed by atoms with van der Waals surface area (Å²) in [6.45, 7) is 4.33. The van der Waals surface area contributed by atoms with Crippen LogP contribution in [0.25, 0.3) is 0 Å². The molecule has 1 aliphatic heterocycles. The van der Waals surface area contributed by atoms with Gasteiger partial charge in [-0.1, -0.05) is 12.1 Å². The average Bonchev–Trinajstić information content (AvgIpc) is 2.25. The van der Waals surface area contributed by atoms with Gasteiger partial charge in [0, 0.05) is 17.5 Å².